The highest BCUT2D eigenvalue weighted by atomic mass is 16.5. The van der Waals surface area contributed by atoms with Gasteiger partial charge in [0.25, 0.3) is 5.91 Å². The topological polar surface area (TPSA) is 81.4 Å². The average Bonchev–Trinajstić information content (AvgIpc) is 2.97. The lowest BCUT2D eigenvalue weighted by atomic mass is 10.2. The molecule has 7 heteroatoms. The molecule has 0 unspecified atom stereocenters. The summed E-state index contributed by atoms with van der Waals surface area (Å²) < 4.78 is 6.70. The molecule has 0 bridgehead atoms. The fraction of sp³-hybridized carbons (Fsp3) is 0.143. The van der Waals surface area contributed by atoms with E-state index in [2.05, 4.69) is 20.4 Å². The van der Waals surface area contributed by atoms with E-state index in [0.717, 1.165) is 5.56 Å². The SMILES string of the molecule is COc1ncccc1CNC(=O)c1cnn2cccnc12. The molecule has 0 aliphatic rings. The van der Waals surface area contributed by atoms with Crippen LogP contribution in [0.4, 0.5) is 0 Å². The standard InChI is InChI=1S/C14H13N5O2/c1-21-14-10(4-2-5-16-14)8-17-13(20)11-9-18-19-7-3-6-15-12(11)19/h2-7,9H,8H2,1H3,(H,17,20). The number of nitrogens with one attached hydrogen (secondary N) is 1. The summed E-state index contributed by atoms with van der Waals surface area (Å²) in [5.74, 6) is 0.255. The number of pyridine rings is 1. The van der Waals surface area contributed by atoms with Crippen LogP contribution in [0.1, 0.15) is 15.9 Å². The van der Waals surface area contributed by atoms with Gasteiger partial charge in [0.1, 0.15) is 5.56 Å². The molecule has 0 spiro atoms. The van der Waals surface area contributed by atoms with E-state index in [1.54, 1.807) is 42.3 Å². The van der Waals surface area contributed by atoms with Gasteiger partial charge in [-0.3, -0.25) is 4.79 Å². The van der Waals surface area contributed by atoms with E-state index in [4.69, 9.17) is 4.74 Å². The van der Waals surface area contributed by atoms with Crippen LogP contribution in [0.2, 0.25) is 0 Å². The first-order valence-electron chi connectivity index (χ1n) is 6.34. The van der Waals surface area contributed by atoms with Gasteiger partial charge in [-0.1, -0.05) is 6.07 Å². The number of carbonyl (C=O) groups is 1. The van der Waals surface area contributed by atoms with Crippen molar-refractivity contribution in [1.82, 2.24) is 24.9 Å². The second-order valence-electron chi connectivity index (χ2n) is 4.30. The molecule has 0 saturated heterocycles. The van der Waals surface area contributed by atoms with Gasteiger partial charge in [0.15, 0.2) is 5.65 Å². The number of aromatic nitrogens is 4. The van der Waals surface area contributed by atoms with Crippen LogP contribution >= 0.6 is 0 Å². The lowest BCUT2D eigenvalue weighted by Gasteiger charge is -2.07. The molecule has 0 aromatic carbocycles. The van der Waals surface area contributed by atoms with Gasteiger partial charge >= 0.3 is 0 Å². The van der Waals surface area contributed by atoms with Gasteiger partial charge in [-0.25, -0.2) is 14.5 Å². The highest BCUT2D eigenvalue weighted by molar-refractivity contribution is 5.99. The summed E-state index contributed by atoms with van der Waals surface area (Å²) in [6.45, 7) is 0.319. The van der Waals surface area contributed by atoms with Crippen LogP contribution in [0.25, 0.3) is 5.65 Å². The molecule has 0 fully saturated rings. The predicted molar refractivity (Wildman–Crippen MR) is 74.9 cm³/mol. The molecule has 0 aliphatic carbocycles. The van der Waals surface area contributed by atoms with Crippen LogP contribution in [0, 0.1) is 0 Å². The van der Waals surface area contributed by atoms with Crippen LogP contribution in [0.15, 0.2) is 43.0 Å². The minimum absolute atomic E-state index is 0.241. The first-order chi connectivity index (χ1) is 10.3. The second kappa shape index (κ2) is 5.58. The van der Waals surface area contributed by atoms with Crippen molar-refractivity contribution in [3.8, 4) is 5.88 Å². The van der Waals surface area contributed by atoms with E-state index in [0.29, 0.717) is 23.6 Å². The van der Waals surface area contributed by atoms with Crippen LogP contribution in [0.5, 0.6) is 5.88 Å². The summed E-state index contributed by atoms with van der Waals surface area (Å²) >= 11 is 0. The van der Waals surface area contributed by atoms with E-state index >= 15 is 0 Å². The zero-order valence-electron chi connectivity index (χ0n) is 11.4. The average molecular weight is 283 g/mol. The minimum atomic E-state index is -0.241. The monoisotopic (exact) mass is 283 g/mol. The van der Waals surface area contributed by atoms with E-state index in [9.17, 15) is 4.79 Å². The predicted octanol–water partition coefficient (Wildman–Crippen LogP) is 1.06. The van der Waals surface area contributed by atoms with Gasteiger partial charge in [0.2, 0.25) is 5.88 Å². The van der Waals surface area contributed by atoms with Gasteiger partial charge in [0.05, 0.1) is 13.3 Å². The first-order valence-corrected chi connectivity index (χ1v) is 6.34. The number of methoxy groups -OCH3 is 1. The van der Waals surface area contributed by atoms with Gasteiger partial charge < -0.3 is 10.1 Å². The maximum absolute atomic E-state index is 12.2. The summed E-state index contributed by atoms with van der Waals surface area (Å²) in [7, 11) is 1.54. The summed E-state index contributed by atoms with van der Waals surface area (Å²) in [5, 5.41) is 6.90. The minimum Gasteiger partial charge on any atom is -0.481 e. The van der Waals surface area contributed by atoms with Crippen molar-refractivity contribution in [2.45, 2.75) is 6.54 Å². The molecule has 1 amide bonds. The Balaban J connectivity index is 1.78. The van der Waals surface area contributed by atoms with Crippen LogP contribution < -0.4 is 10.1 Å². The summed E-state index contributed by atoms with van der Waals surface area (Å²) in [6, 6.07) is 5.39. The Hall–Kier alpha value is -2.96. The van der Waals surface area contributed by atoms with Crippen molar-refractivity contribution in [2.24, 2.45) is 0 Å². The fourth-order valence-corrected chi connectivity index (χ4v) is 2.00. The third-order valence-electron chi connectivity index (χ3n) is 3.01. The molecule has 21 heavy (non-hydrogen) atoms. The third-order valence-corrected chi connectivity index (χ3v) is 3.01. The maximum atomic E-state index is 12.2. The first kappa shape index (κ1) is 13.0. The van der Waals surface area contributed by atoms with E-state index < -0.39 is 0 Å². The van der Waals surface area contributed by atoms with E-state index in [1.807, 2.05) is 6.07 Å². The zero-order valence-corrected chi connectivity index (χ0v) is 11.4. The molecule has 1 N–H and O–H groups in total. The van der Waals surface area contributed by atoms with Crippen molar-refractivity contribution in [1.29, 1.82) is 0 Å². The Morgan fingerprint density at radius 2 is 2.19 bits per heavy atom. The van der Waals surface area contributed by atoms with E-state index in [1.165, 1.54) is 6.20 Å². The summed E-state index contributed by atoms with van der Waals surface area (Å²) in [4.78, 5) is 20.5. The number of hydrogen-bond acceptors (Lipinski definition) is 5. The molecule has 3 aromatic rings. The molecule has 7 nitrogen and oxygen atoms in total. The molecular weight excluding hydrogens is 270 g/mol. The smallest absolute Gasteiger partial charge is 0.257 e. The van der Waals surface area contributed by atoms with Crippen molar-refractivity contribution >= 4 is 11.6 Å². The van der Waals surface area contributed by atoms with Gasteiger partial charge in [-0.05, 0) is 12.1 Å². The van der Waals surface area contributed by atoms with Crippen LogP contribution in [0.3, 0.4) is 0 Å². The van der Waals surface area contributed by atoms with Crippen LogP contribution in [-0.2, 0) is 6.54 Å². The fourth-order valence-electron chi connectivity index (χ4n) is 2.00. The largest absolute Gasteiger partial charge is 0.481 e. The van der Waals surface area contributed by atoms with Gasteiger partial charge in [-0.2, -0.15) is 5.10 Å². The summed E-state index contributed by atoms with van der Waals surface area (Å²) in [5.41, 5.74) is 1.75. The highest BCUT2D eigenvalue weighted by Gasteiger charge is 2.14. The van der Waals surface area contributed by atoms with Gasteiger partial charge in [0, 0.05) is 30.7 Å². The number of nitrogens with zero attached hydrogens (tertiary/aromatic N) is 4. The number of ether oxygens (including phenoxy) is 1. The van der Waals surface area contributed by atoms with Crippen molar-refractivity contribution in [2.75, 3.05) is 7.11 Å². The van der Waals surface area contributed by atoms with Gasteiger partial charge in [-0.15, -0.1) is 0 Å². The molecule has 3 heterocycles. The summed E-state index contributed by atoms with van der Waals surface area (Å²) in [6.07, 6.45) is 6.50. The van der Waals surface area contributed by atoms with Crippen molar-refractivity contribution in [3.63, 3.8) is 0 Å². The molecule has 0 saturated carbocycles. The zero-order chi connectivity index (χ0) is 14.7. The number of carbonyl (C=O) groups excluding carboxylic acids is 1. The third kappa shape index (κ3) is 2.53. The van der Waals surface area contributed by atoms with Crippen LogP contribution in [-0.4, -0.2) is 32.6 Å². The lowest BCUT2D eigenvalue weighted by Crippen LogP contribution is -2.23. The Bertz CT molecular complexity index is 784. The highest BCUT2D eigenvalue weighted by Crippen LogP contribution is 2.13. The Kier molecular flexibility index (Phi) is 3.46. The molecular formula is C14H13N5O2. The Morgan fingerprint density at radius 3 is 3.05 bits per heavy atom. The normalized spacial score (nSPS) is 10.5. The van der Waals surface area contributed by atoms with Crippen molar-refractivity contribution < 1.29 is 9.53 Å². The second-order valence-corrected chi connectivity index (χ2v) is 4.30. The molecule has 0 radical (unpaired) electrons. The lowest BCUT2D eigenvalue weighted by molar-refractivity contribution is 0.0952. The van der Waals surface area contributed by atoms with Crippen molar-refractivity contribution in [3.05, 3.63) is 54.1 Å². The maximum Gasteiger partial charge on any atom is 0.257 e. The number of rotatable bonds is 4. The molecule has 0 atom stereocenters. The quantitative estimate of drug-likeness (QED) is 0.774. The number of hydrogen-bond donors (Lipinski definition) is 1. The number of amides is 1. The molecule has 0 aliphatic heterocycles. The molecule has 3 aromatic heterocycles. The molecule has 106 valence electrons. The van der Waals surface area contributed by atoms with E-state index in [-0.39, 0.29) is 5.91 Å². The number of fused-ring (bicyclic) bond motifs is 1. The Labute approximate surface area is 120 Å². The molecule has 3 rings (SSSR count). The Morgan fingerprint density at radius 1 is 1.33 bits per heavy atom.